The first kappa shape index (κ1) is 26.5. The second-order valence-corrected chi connectivity index (χ2v) is 9.74. The predicted molar refractivity (Wildman–Crippen MR) is 128 cm³/mol. The molecule has 0 saturated carbocycles. The van der Waals surface area contributed by atoms with Crippen LogP contribution in [0.25, 0.3) is 0 Å². The lowest BCUT2D eigenvalue weighted by atomic mass is 9.86. The van der Waals surface area contributed by atoms with Gasteiger partial charge in [-0.15, -0.1) is 0 Å². The summed E-state index contributed by atoms with van der Waals surface area (Å²) in [5, 5.41) is 8.99. The maximum absolute atomic E-state index is 13.4. The molecular formula is C25H23ClF3N3O5. The first-order valence-corrected chi connectivity index (χ1v) is 11.7. The van der Waals surface area contributed by atoms with E-state index in [0.717, 1.165) is 22.6 Å². The van der Waals surface area contributed by atoms with E-state index in [4.69, 9.17) is 11.6 Å². The fourth-order valence-electron chi connectivity index (χ4n) is 4.72. The van der Waals surface area contributed by atoms with Crippen LogP contribution in [0.3, 0.4) is 0 Å². The molecule has 2 aliphatic heterocycles. The molecule has 2 heterocycles. The van der Waals surface area contributed by atoms with Crippen LogP contribution in [0.1, 0.15) is 37.5 Å². The largest absolute Gasteiger partial charge is 0.481 e. The van der Waals surface area contributed by atoms with Crippen molar-refractivity contribution in [1.82, 2.24) is 4.90 Å². The maximum atomic E-state index is 13.4. The fraction of sp³-hybridized carbons (Fsp3) is 0.360. The molecule has 1 saturated heterocycles. The van der Waals surface area contributed by atoms with Crippen molar-refractivity contribution in [1.29, 1.82) is 0 Å². The number of rotatable bonds is 5. The summed E-state index contributed by atoms with van der Waals surface area (Å²) >= 11 is 5.96. The summed E-state index contributed by atoms with van der Waals surface area (Å²) in [4.78, 5) is 54.4. The number of amides is 4. The molecular weight excluding hydrogens is 515 g/mol. The second kappa shape index (κ2) is 9.05. The Morgan fingerprint density at radius 2 is 1.81 bits per heavy atom. The van der Waals surface area contributed by atoms with Gasteiger partial charge in [-0.1, -0.05) is 29.8 Å². The molecule has 196 valence electrons. The summed E-state index contributed by atoms with van der Waals surface area (Å²) in [5.74, 6) is -4.34. The number of alkyl halides is 3. The Morgan fingerprint density at radius 1 is 1.14 bits per heavy atom. The number of carboxylic acids is 1. The normalized spacial score (nSPS) is 19.5. The van der Waals surface area contributed by atoms with Gasteiger partial charge >= 0.3 is 18.2 Å². The van der Waals surface area contributed by atoms with E-state index in [2.05, 4.69) is 0 Å². The molecule has 2 aromatic rings. The van der Waals surface area contributed by atoms with Gasteiger partial charge in [0.2, 0.25) is 11.8 Å². The van der Waals surface area contributed by atoms with Gasteiger partial charge in [-0.3, -0.25) is 24.2 Å². The predicted octanol–water partition coefficient (Wildman–Crippen LogP) is 4.67. The Morgan fingerprint density at radius 3 is 2.41 bits per heavy atom. The number of carbonyl (C=O) groups is 4. The molecule has 2 aliphatic rings. The van der Waals surface area contributed by atoms with Crippen molar-refractivity contribution < 1.29 is 37.5 Å². The van der Waals surface area contributed by atoms with Gasteiger partial charge in [0.05, 0.1) is 22.5 Å². The Labute approximate surface area is 215 Å². The van der Waals surface area contributed by atoms with Crippen LogP contribution in [0, 0.1) is 5.92 Å². The zero-order valence-electron chi connectivity index (χ0n) is 20.1. The average Bonchev–Trinajstić information content (AvgIpc) is 3.01. The van der Waals surface area contributed by atoms with Crippen LogP contribution in [0.4, 0.5) is 29.3 Å². The minimum absolute atomic E-state index is 0.133. The highest BCUT2D eigenvalue weighted by atomic mass is 35.5. The van der Waals surface area contributed by atoms with Gasteiger partial charge in [0, 0.05) is 24.5 Å². The Balaban J connectivity index is 1.75. The smallest absolute Gasteiger partial charge is 0.417 e. The highest BCUT2D eigenvalue weighted by molar-refractivity contribution is 6.32. The lowest BCUT2D eigenvalue weighted by Crippen LogP contribution is -2.58. The van der Waals surface area contributed by atoms with Crippen LogP contribution >= 0.6 is 11.6 Å². The van der Waals surface area contributed by atoms with Crippen LogP contribution < -0.4 is 9.80 Å². The number of aliphatic carboxylic acids is 1. The molecule has 2 aromatic carbocycles. The molecule has 4 rings (SSSR count). The Hall–Kier alpha value is -3.60. The van der Waals surface area contributed by atoms with Crippen molar-refractivity contribution in [3.63, 3.8) is 0 Å². The second-order valence-electron chi connectivity index (χ2n) is 9.36. The quantitative estimate of drug-likeness (QED) is 0.559. The molecule has 37 heavy (non-hydrogen) atoms. The topological polar surface area (TPSA) is 98.2 Å². The summed E-state index contributed by atoms with van der Waals surface area (Å²) in [6.45, 7) is 4.56. The minimum Gasteiger partial charge on any atom is -0.481 e. The van der Waals surface area contributed by atoms with Crippen molar-refractivity contribution >= 4 is 46.8 Å². The number of nitrogens with zero attached hydrogens (tertiary/aromatic N) is 3. The number of imide groups is 1. The number of hydrogen-bond donors (Lipinski definition) is 1. The van der Waals surface area contributed by atoms with E-state index in [9.17, 15) is 37.5 Å². The summed E-state index contributed by atoms with van der Waals surface area (Å²) in [7, 11) is 0. The third kappa shape index (κ3) is 4.30. The lowest BCUT2D eigenvalue weighted by Gasteiger charge is -2.37. The van der Waals surface area contributed by atoms with Gasteiger partial charge in [0.1, 0.15) is 0 Å². The molecule has 1 fully saturated rings. The fourth-order valence-corrected chi connectivity index (χ4v) is 5.01. The van der Waals surface area contributed by atoms with E-state index in [1.165, 1.54) is 6.07 Å². The molecule has 4 amide bonds. The van der Waals surface area contributed by atoms with Gasteiger partial charge < -0.3 is 10.0 Å². The summed E-state index contributed by atoms with van der Waals surface area (Å²) < 4.78 is 40.0. The van der Waals surface area contributed by atoms with E-state index in [1.807, 2.05) is 0 Å². The standard InChI is InChI=1S/C25H23ClF3N3O5/c1-4-30-18-10-14(8-9-16(18)24(2,3)22(30)36)31-12-15(21(34)35)20(33)32(23(31)37)11-13-6-5-7-17(19(13)26)25(27,28)29/h5-10,15H,4,11-12H2,1-3H3,(H,34,35). The highest BCUT2D eigenvalue weighted by Crippen LogP contribution is 2.44. The number of urea groups is 1. The number of anilines is 2. The molecule has 12 heteroatoms. The van der Waals surface area contributed by atoms with Crippen molar-refractivity contribution in [2.75, 3.05) is 22.9 Å². The number of benzene rings is 2. The van der Waals surface area contributed by atoms with Gasteiger partial charge in [0.15, 0.2) is 5.92 Å². The molecule has 1 unspecified atom stereocenters. The van der Waals surface area contributed by atoms with Crippen molar-refractivity contribution in [2.24, 2.45) is 5.92 Å². The SMILES string of the molecule is CCN1C(=O)C(C)(C)c2ccc(N3CC(C(=O)O)C(=O)N(Cc4cccc(C(F)(F)F)c4Cl)C3=O)cc21. The molecule has 1 N–H and O–H groups in total. The van der Waals surface area contributed by atoms with Gasteiger partial charge in [0.25, 0.3) is 0 Å². The molecule has 0 aromatic heterocycles. The Kier molecular flexibility index (Phi) is 6.48. The third-order valence-corrected chi connectivity index (χ3v) is 7.20. The third-order valence-electron chi connectivity index (χ3n) is 6.75. The monoisotopic (exact) mass is 537 g/mol. The number of fused-ring (bicyclic) bond motifs is 1. The van der Waals surface area contributed by atoms with E-state index in [0.29, 0.717) is 17.1 Å². The van der Waals surface area contributed by atoms with Crippen LogP contribution in [0.15, 0.2) is 36.4 Å². The first-order chi connectivity index (χ1) is 17.2. The van der Waals surface area contributed by atoms with Gasteiger partial charge in [-0.25, -0.2) is 4.79 Å². The first-order valence-electron chi connectivity index (χ1n) is 11.4. The number of likely N-dealkylation sites (N-methyl/N-ethyl adjacent to an activating group) is 1. The van der Waals surface area contributed by atoms with Crippen LogP contribution in [-0.2, 0) is 32.5 Å². The molecule has 0 bridgehead atoms. The highest BCUT2D eigenvalue weighted by Gasteiger charge is 2.46. The average molecular weight is 538 g/mol. The molecule has 0 spiro atoms. The number of hydrogen-bond acceptors (Lipinski definition) is 4. The zero-order chi connectivity index (χ0) is 27.4. The number of carbonyl (C=O) groups excluding carboxylic acids is 3. The summed E-state index contributed by atoms with van der Waals surface area (Å²) in [6, 6.07) is 6.98. The van der Waals surface area contributed by atoms with Crippen LogP contribution in [0.2, 0.25) is 5.02 Å². The zero-order valence-corrected chi connectivity index (χ0v) is 20.9. The van der Waals surface area contributed by atoms with Crippen molar-refractivity contribution in [3.05, 3.63) is 58.1 Å². The van der Waals surface area contributed by atoms with Gasteiger partial charge in [-0.2, -0.15) is 13.2 Å². The van der Waals surface area contributed by atoms with E-state index >= 15 is 0 Å². The maximum Gasteiger partial charge on any atom is 0.417 e. The van der Waals surface area contributed by atoms with E-state index in [-0.39, 0.29) is 17.2 Å². The van der Waals surface area contributed by atoms with Crippen molar-refractivity contribution in [2.45, 2.75) is 38.9 Å². The van der Waals surface area contributed by atoms with E-state index in [1.54, 1.807) is 43.9 Å². The molecule has 0 aliphatic carbocycles. The minimum atomic E-state index is -4.76. The van der Waals surface area contributed by atoms with E-state index < -0.39 is 59.1 Å². The number of carboxylic acid groups (broad SMARTS) is 1. The van der Waals surface area contributed by atoms with Gasteiger partial charge in [-0.05, 0) is 50.1 Å². The van der Waals surface area contributed by atoms with Crippen molar-refractivity contribution in [3.8, 4) is 0 Å². The molecule has 8 nitrogen and oxygen atoms in total. The van der Waals surface area contributed by atoms with Crippen LogP contribution in [-0.4, -0.2) is 46.9 Å². The Bertz CT molecular complexity index is 1330. The molecule has 1 atom stereocenters. The molecule has 0 radical (unpaired) electrons. The lowest BCUT2D eigenvalue weighted by molar-refractivity contribution is -0.150. The summed E-state index contributed by atoms with van der Waals surface area (Å²) in [6.07, 6.45) is -4.76. The number of halogens is 4. The summed E-state index contributed by atoms with van der Waals surface area (Å²) in [5.41, 5.74) is -0.582. The van der Waals surface area contributed by atoms with Crippen LogP contribution in [0.5, 0.6) is 0 Å².